The number of ether oxygens (including phenoxy) is 1. The van der Waals surface area contributed by atoms with Gasteiger partial charge in [0.25, 0.3) is 0 Å². The summed E-state index contributed by atoms with van der Waals surface area (Å²) < 4.78 is 30.0. The Balaban J connectivity index is 2.38. The summed E-state index contributed by atoms with van der Waals surface area (Å²) in [6.07, 6.45) is -0.134. The van der Waals surface area contributed by atoms with E-state index in [0.717, 1.165) is 0 Å². The third-order valence-corrected chi connectivity index (χ3v) is 5.88. The summed E-state index contributed by atoms with van der Waals surface area (Å²) in [6, 6.07) is 9.88. The lowest BCUT2D eigenvalue weighted by atomic mass is 9.98. The number of phenolic OH excluding ortho intramolecular Hbond substituents is 1. The summed E-state index contributed by atoms with van der Waals surface area (Å²) in [4.78, 5) is 11.8. The van der Waals surface area contributed by atoms with E-state index in [1.165, 1.54) is 37.4 Å². The molecule has 0 aliphatic rings. The van der Waals surface area contributed by atoms with Gasteiger partial charge in [0.2, 0.25) is 0 Å². The van der Waals surface area contributed by atoms with Crippen molar-refractivity contribution in [1.29, 1.82) is 0 Å². The smallest absolute Gasteiger partial charge is 0.306 e. The summed E-state index contributed by atoms with van der Waals surface area (Å²) in [5.74, 6) is -1.58. The molecule has 1 unspecified atom stereocenters. The van der Waals surface area contributed by atoms with Crippen LogP contribution in [-0.4, -0.2) is 32.4 Å². The van der Waals surface area contributed by atoms with E-state index in [4.69, 9.17) is 23.2 Å². The van der Waals surface area contributed by atoms with Crippen LogP contribution in [0.25, 0.3) is 0 Å². The Morgan fingerprint density at radius 1 is 1.12 bits per heavy atom. The fourth-order valence-corrected chi connectivity index (χ4v) is 4.51. The summed E-state index contributed by atoms with van der Waals surface area (Å²) in [7, 11) is -2.47. The van der Waals surface area contributed by atoms with Crippen LogP contribution >= 0.6 is 23.2 Å². The van der Waals surface area contributed by atoms with Gasteiger partial charge in [-0.2, -0.15) is 0 Å². The Kier molecular flexibility index (Phi) is 6.32. The molecule has 5 nitrogen and oxygen atoms in total. The minimum Gasteiger partial charge on any atom is -0.508 e. The number of carbonyl (C=O) groups is 1. The van der Waals surface area contributed by atoms with Crippen molar-refractivity contribution in [3.05, 3.63) is 58.1 Å². The van der Waals surface area contributed by atoms with E-state index in [0.29, 0.717) is 15.6 Å². The Labute approximate surface area is 156 Å². The minimum absolute atomic E-state index is 0.0355. The molecule has 0 saturated carbocycles. The number of rotatable bonds is 6. The number of benzene rings is 2. The summed E-state index contributed by atoms with van der Waals surface area (Å²) >= 11 is 12.0. The highest BCUT2D eigenvalue weighted by atomic mass is 35.5. The number of aromatic hydroxyl groups is 1. The molecule has 134 valence electrons. The van der Waals surface area contributed by atoms with Gasteiger partial charge in [0, 0.05) is 16.0 Å². The van der Waals surface area contributed by atoms with Crippen LogP contribution in [0.4, 0.5) is 0 Å². The molecule has 2 rings (SSSR count). The van der Waals surface area contributed by atoms with Crippen molar-refractivity contribution >= 4 is 39.0 Å². The van der Waals surface area contributed by atoms with Gasteiger partial charge in [0.05, 0.1) is 24.2 Å². The highest BCUT2D eigenvalue weighted by Gasteiger charge is 2.26. The maximum Gasteiger partial charge on any atom is 0.306 e. The van der Waals surface area contributed by atoms with E-state index in [2.05, 4.69) is 4.74 Å². The van der Waals surface area contributed by atoms with E-state index in [-0.39, 0.29) is 22.8 Å². The molecule has 1 atom stereocenters. The quantitative estimate of drug-likeness (QED) is 0.742. The van der Waals surface area contributed by atoms with Gasteiger partial charge in [-0.1, -0.05) is 23.2 Å². The molecular formula is C17H16Cl2O5S. The second-order valence-corrected chi connectivity index (χ2v) is 8.36. The van der Waals surface area contributed by atoms with Crippen LogP contribution in [0.2, 0.25) is 10.0 Å². The zero-order valence-electron chi connectivity index (χ0n) is 13.3. The van der Waals surface area contributed by atoms with Crippen molar-refractivity contribution < 1.29 is 23.1 Å². The minimum atomic E-state index is -3.71. The van der Waals surface area contributed by atoms with Crippen molar-refractivity contribution in [2.45, 2.75) is 17.2 Å². The monoisotopic (exact) mass is 402 g/mol. The number of halogens is 2. The van der Waals surface area contributed by atoms with Crippen LogP contribution in [0.15, 0.2) is 47.4 Å². The molecule has 0 aromatic heterocycles. The molecule has 0 fully saturated rings. The summed E-state index contributed by atoms with van der Waals surface area (Å²) in [5, 5.41) is 10.0. The average Bonchev–Trinajstić information content (AvgIpc) is 2.53. The van der Waals surface area contributed by atoms with Crippen LogP contribution in [0, 0.1) is 0 Å². The van der Waals surface area contributed by atoms with E-state index in [1.807, 2.05) is 0 Å². The second-order valence-electron chi connectivity index (χ2n) is 5.46. The fraction of sp³-hybridized carbons (Fsp3) is 0.235. The molecule has 0 spiro atoms. The largest absolute Gasteiger partial charge is 0.508 e. The first-order valence-corrected chi connectivity index (χ1v) is 9.66. The Morgan fingerprint density at radius 2 is 1.68 bits per heavy atom. The number of sulfone groups is 1. The van der Waals surface area contributed by atoms with Crippen molar-refractivity contribution in [3.8, 4) is 5.75 Å². The summed E-state index contributed by atoms with van der Waals surface area (Å²) in [5.41, 5.74) is 0.533. The maximum atomic E-state index is 12.7. The number of phenols is 1. The fourth-order valence-electron chi connectivity index (χ4n) is 2.38. The molecule has 0 aliphatic heterocycles. The lowest BCUT2D eigenvalue weighted by molar-refractivity contribution is -0.140. The van der Waals surface area contributed by atoms with Crippen LogP contribution in [0.3, 0.4) is 0 Å². The third-order valence-electron chi connectivity index (χ3n) is 3.61. The molecular weight excluding hydrogens is 387 g/mol. The van der Waals surface area contributed by atoms with Gasteiger partial charge in [-0.05, 0) is 48.0 Å². The maximum absolute atomic E-state index is 12.7. The van der Waals surface area contributed by atoms with Crippen molar-refractivity contribution in [3.63, 3.8) is 0 Å². The van der Waals surface area contributed by atoms with Crippen LogP contribution in [0.1, 0.15) is 17.9 Å². The summed E-state index contributed by atoms with van der Waals surface area (Å²) in [6.45, 7) is 0. The zero-order valence-corrected chi connectivity index (χ0v) is 15.6. The molecule has 2 aromatic carbocycles. The number of carbonyl (C=O) groups excluding carboxylic acids is 1. The second kappa shape index (κ2) is 8.08. The van der Waals surface area contributed by atoms with E-state index in [9.17, 15) is 18.3 Å². The SMILES string of the molecule is COC(=O)CC(CS(=O)(=O)c1ccc(O)cc1)c1cc(Cl)cc(Cl)c1. The molecule has 0 saturated heterocycles. The number of methoxy groups -OCH3 is 1. The first-order valence-electron chi connectivity index (χ1n) is 7.26. The van der Waals surface area contributed by atoms with Gasteiger partial charge < -0.3 is 9.84 Å². The number of hydrogen-bond donors (Lipinski definition) is 1. The first kappa shape index (κ1) is 19.6. The molecule has 8 heteroatoms. The van der Waals surface area contributed by atoms with E-state index < -0.39 is 21.7 Å². The van der Waals surface area contributed by atoms with Crippen molar-refractivity contribution in [2.75, 3.05) is 12.9 Å². The zero-order chi connectivity index (χ0) is 18.6. The van der Waals surface area contributed by atoms with Gasteiger partial charge in [0.15, 0.2) is 9.84 Å². The normalized spacial score (nSPS) is 12.6. The molecule has 1 N–H and O–H groups in total. The van der Waals surface area contributed by atoms with Gasteiger partial charge >= 0.3 is 5.97 Å². The Bertz CT molecular complexity index is 843. The van der Waals surface area contributed by atoms with Crippen molar-refractivity contribution in [1.82, 2.24) is 0 Å². The van der Waals surface area contributed by atoms with Gasteiger partial charge in [-0.15, -0.1) is 0 Å². The molecule has 0 heterocycles. The van der Waals surface area contributed by atoms with E-state index >= 15 is 0 Å². The lowest BCUT2D eigenvalue weighted by Crippen LogP contribution is -2.19. The van der Waals surface area contributed by atoms with Gasteiger partial charge in [-0.3, -0.25) is 4.79 Å². The lowest BCUT2D eigenvalue weighted by Gasteiger charge is -2.17. The topological polar surface area (TPSA) is 80.7 Å². The third kappa shape index (κ3) is 5.36. The van der Waals surface area contributed by atoms with Gasteiger partial charge in [0.1, 0.15) is 5.75 Å². The molecule has 0 amide bonds. The first-order chi connectivity index (χ1) is 11.7. The number of hydrogen-bond acceptors (Lipinski definition) is 5. The molecule has 0 aliphatic carbocycles. The molecule has 2 aromatic rings. The molecule has 0 bridgehead atoms. The van der Waals surface area contributed by atoms with Crippen LogP contribution in [-0.2, 0) is 19.4 Å². The average molecular weight is 403 g/mol. The van der Waals surface area contributed by atoms with Gasteiger partial charge in [-0.25, -0.2) is 8.42 Å². The molecule has 0 radical (unpaired) electrons. The highest BCUT2D eigenvalue weighted by molar-refractivity contribution is 7.91. The van der Waals surface area contributed by atoms with Crippen molar-refractivity contribution in [2.24, 2.45) is 0 Å². The van der Waals surface area contributed by atoms with E-state index in [1.54, 1.807) is 12.1 Å². The van der Waals surface area contributed by atoms with Crippen LogP contribution < -0.4 is 0 Å². The predicted octanol–water partition coefficient (Wildman–Crippen LogP) is 3.82. The van der Waals surface area contributed by atoms with Crippen LogP contribution in [0.5, 0.6) is 5.75 Å². The Hall–Kier alpha value is -1.76. The molecule has 25 heavy (non-hydrogen) atoms. The highest BCUT2D eigenvalue weighted by Crippen LogP contribution is 2.30. The standard InChI is InChI=1S/C17H16Cl2O5S/c1-24-17(21)8-12(11-6-13(18)9-14(19)7-11)10-25(22,23)16-4-2-15(20)3-5-16/h2-7,9,12,20H,8,10H2,1H3. The number of esters is 1. The Morgan fingerprint density at radius 3 is 2.20 bits per heavy atom. The predicted molar refractivity (Wildman–Crippen MR) is 96.0 cm³/mol.